The third-order valence-electron chi connectivity index (χ3n) is 10.5. The Kier molecular flexibility index (Phi) is 7.92. The molecule has 0 bridgehead atoms. The molecular formula is C33H42Cl2N10O. The van der Waals surface area contributed by atoms with Gasteiger partial charge in [-0.25, -0.2) is 0 Å². The van der Waals surface area contributed by atoms with E-state index in [9.17, 15) is 4.79 Å². The minimum atomic E-state index is -0.0143. The molecule has 1 N–H and O–H groups in total. The van der Waals surface area contributed by atoms with Crippen LogP contribution in [0.15, 0.2) is 31.2 Å². The summed E-state index contributed by atoms with van der Waals surface area (Å²) in [6, 6.07) is 2.13. The summed E-state index contributed by atoms with van der Waals surface area (Å²) in [7, 11) is 2.10. The van der Waals surface area contributed by atoms with Crippen LogP contribution in [-0.4, -0.2) is 89.2 Å². The Morgan fingerprint density at radius 1 is 1.13 bits per heavy atom. The summed E-state index contributed by atoms with van der Waals surface area (Å²) in [4.78, 5) is 18.5. The Hall–Kier alpha value is -3.41. The molecule has 2 saturated heterocycles. The van der Waals surface area contributed by atoms with Crippen molar-refractivity contribution < 1.29 is 4.79 Å². The van der Waals surface area contributed by atoms with Crippen LogP contribution in [0.1, 0.15) is 63.5 Å². The number of benzene rings is 1. The number of likely N-dealkylation sites (N-methyl/N-ethyl adjacent to an activating group) is 1. The highest BCUT2D eigenvalue weighted by Gasteiger charge is 2.54. The summed E-state index contributed by atoms with van der Waals surface area (Å²) in [6.07, 6.45) is 10.5. The lowest BCUT2D eigenvalue weighted by Crippen LogP contribution is -2.63. The van der Waals surface area contributed by atoms with E-state index in [0.29, 0.717) is 16.1 Å². The summed E-state index contributed by atoms with van der Waals surface area (Å²) in [5.74, 6) is 2.08. The highest BCUT2D eigenvalue weighted by Crippen LogP contribution is 2.56. The zero-order chi connectivity index (χ0) is 32.4. The fourth-order valence-corrected chi connectivity index (χ4v) is 8.34. The topological polar surface area (TPSA) is 104 Å². The van der Waals surface area contributed by atoms with Crippen molar-refractivity contribution in [2.75, 3.05) is 38.1 Å². The third kappa shape index (κ3) is 5.30. The number of halogens is 2. The first-order chi connectivity index (χ1) is 22.0. The number of aromatic nitrogens is 7. The van der Waals surface area contributed by atoms with Gasteiger partial charge in [0.05, 0.1) is 34.3 Å². The molecular weight excluding hydrogens is 623 g/mol. The number of likely N-dealkylation sites (tertiary alicyclic amines) is 1. The van der Waals surface area contributed by atoms with Crippen molar-refractivity contribution in [3.8, 4) is 11.1 Å². The first kappa shape index (κ1) is 31.2. The number of hydrogen-bond donors (Lipinski definition) is 1. The van der Waals surface area contributed by atoms with Crippen LogP contribution in [0, 0.1) is 12.3 Å². The second-order valence-electron chi connectivity index (χ2n) is 14.2. The van der Waals surface area contributed by atoms with Gasteiger partial charge in [0.2, 0.25) is 5.91 Å². The molecule has 3 fully saturated rings. The lowest BCUT2D eigenvalue weighted by atomic mass is 9.60. The fraction of sp³-hybridized carbons (Fsp3) is 0.545. The van der Waals surface area contributed by atoms with Crippen LogP contribution in [0.2, 0.25) is 10.0 Å². The maximum absolute atomic E-state index is 12.0. The number of anilines is 1. The maximum Gasteiger partial charge on any atom is 0.245 e. The van der Waals surface area contributed by atoms with E-state index in [4.69, 9.17) is 28.3 Å². The van der Waals surface area contributed by atoms with Gasteiger partial charge in [0.1, 0.15) is 12.2 Å². The van der Waals surface area contributed by atoms with Gasteiger partial charge in [0.25, 0.3) is 0 Å². The van der Waals surface area contributed by atoms with Crippen molar-refractivity contribution in [2.24, 2.45) is 5.41 Å². The molecule has 0 atom stereocenters. The van der Waals surface area contributed by atoms with Gasteiger partial charge < -0.3 is 14.4 Å². The van der Waals surface area contributed by atoms with Crippen molar-refractivity contribution >= 4 is 45.8 Å². The van der Waals surface area contributed by atoms with Gasteiger partial charge in [-0.1, -0.05) is 29.8 Å². The van der Waals surface area contributed by atoms with E-state index in [1.54, 1.807) is 6.33 Å². The first-order valence-corrected chi connectivity index (χ1v) is 16.9. The van der Waals surface area contributed by atoms with E-state index < -0.39 is 0 Å². The molecule has 13 heteroatoms. The summed E-state index contributed by atoms with van der Waals surface area (Å²) in [6.45, 7) is 16.0. The van der Waals surface area contributed by atoms with Gasteiger partial charge in [-0.15, -0.1) is 10.2 Å². The Labute approximate surface area is 279 Å². The number of nitrogens with zero attached hydrogens (tertiary/aromatic N) is 9. The van der Waals surface area contributed by atoms with Crippen molar-refractivity contribution in [3.63, 3.8) is 0 Å². The number of aromatic amines is 1. The second kappa shape index (κ2) is 11.7. The minimum Gasteiger partial charge on any atom is -0.350 e. The minimum absolute atomic E-state index is 0.0143. The Morgan fingerprint density at radius 2 is 1.91 bits per heavy atom. The van der Waals surface area contributed by atoms with Crippen LogP contribution in [-0.2, 0) is 17.9 Å². The summed E-state index contributed by atoms with van der Waals surface area (Å²) >= 11 is 13.5. The molecule has 1 aromatic carbocycles. The molecule has 11 nitrogen and oxygen atoms in total. The van der Waals surface area contributed by atoms with Gasteiger partial charge in [-0.05, 0) is 72.1 Å². The van der Waals surface area contributed by atoms with Crippen molar-refractivity contribution in [3.05, 3.63) is 52.8 Å². The molecule has 46 heavy (non-hydrogen) atoms. The van der Waals surface area contributed by atoms with Crippen molar-refractivity contribution in [1.82, 2.24) is 44.5 Å². The number of amides is 1. The Morgan fingerprint density at radius 3 is 2.65 bits per heavy atom. The highest BCUT2D eigenvalue weighted by molar-refractivity contribution is 6.45. The molecule has 1 spiro atoms. The summed E-state index contributed by atoms with van der Waals surface area (Å²) in [5, 5.41) is 22.4. The number of fused-ring (bicyclic) bond motifs is 2. The van der Waals surface area contributed by atoms with E-state index >= 15 is 0 Å². The number of carbonyl (C=O) groups is 1. The van der Waals surface area contributed by atoms with Crippen LogP contribution in [0.3, 0.4) is 0 Å². The lowest BCUT2D eigenvalue weighted by molar-refractivity contribution is -0.149. The summed E-state index contributed by atoms with van der Waals surface area (Å²) < 4.78 is 4.31. The molecule has 4 aromatic rings. The number of piperidine rings is 1. The van der Waals surface area contributed by atoms with Crippen molar-refractivity contribution in [2.45, 2.75) is 77.5 Å². The fourth-order valence-electron chi connectivity index (χ4n) is 7.88. The number of carbonyl (C=O) groups excluding carboxylic acids is 1. The Balaban J connectivity index is 0.000000286. The number of nitrogens with one attached hydrogen (secondary N) is 1. The molecule has 4 aliphatic rings. The maximum atomic E-state index is 12.0. The van der Waals surface area contributed by atoms with Gasteiger partial charge in [0, 0.05) is 65.9 Å². The SMILES string of the molecule is C=CC(=O)N1CC2(CC(n3nc(N4CCCCC4(C)C)c(-c4c(Cl)c(Cl)cc5[nH]ncc45)c3C)C2)C1.CN1CCn2cnnc2C1. The number of hydrogen-bond acceptors (Lipinski definition) is 7. The molecule has 8 rings (SSSR count). The zero-order valence-corrected chi connectivity index (χ0v) is 28.6. The molecule has 0 unspecified atom stereocenters. The molecule has 0 radical (unpaired) electrons. The predicted molar refractivity (Wildman–Crippen MR) is 181 cm³/mol. The lowest BCUT2D eigenvalue weighted by Gasteiger charge is -2.58. The number of rotatable bonds is 4. The normalized spacial score (nSPS) is 20.6. The molecule has 1 amide bonds. The molecule has 244 valence electrons. The van der Waals surface area contributed by atoms with Crippen LogP contribution >= 0.6 is 23.2 Å². The van der Waals surface area contributed by atoms with Gasteiger partial charge in [-0.2, -0.15) is 10.2 Å². The summed E-state index contributed by atoms with van der Waals surface area (Å²) in [5.41, 5.74) is 4.09. The largest absolute Gasteiger partial charge is 0.350 e. The van der Waals surface area contributed by atoms with E-state index in [0.717, 1.165) is 104 Å². The van der Waals surface area contributed by atoms with Crippen molar-refractivity contribution in [1.29, 1.82) is 0 Å². The first-order valence-electron chi connectivity index (χ1n) is 16.1. The van der Waals surface area contributed by atoms with Gasteiger partial charge >= 0.3 is 0 Å². The Bertz CT molecular complexity index is 1790. The molecule has 6 heterocycles. The van der Waals surface area contributed by atoms with E-state index in [2.05, 4.69) is 73.8 Å². The third-order valence-corrected chi connectivity index (χ3v) is 11.3. The molecule has 3 aromatic heterocycles. The van der Waals surface area contributed by atoms with E-state index in [-0.39, 0.29) is 16.9 Å². The van der Waals surface area contributed by atoms with Crippen LogP contribution in [0.25, 0.3) is 22.0 Å². The molecule has 3 aliphatic heterocycles. The van der Waals surface area contributed by atoms with Crippen LogP contribution in [0.4, 0.5) is 5.82 Å². The quantitative estimate of drug-likeness (QED) is 0.272. The van der Waals surface area contributed by atoms with Gasteiger partial charge in [0.15, 0.2) is 5.82 Å². The standard InChI is InChI=1S/C27H32Cl2N6O.C6H10N4/c1-5-21(36)33-14-27(15-33)11-17(12-27)35-16(2)22(25(32-35)34-9-7-6-8-26(34,3)4)23-18-13-30-31-20(18)10-19(28)24(23)29;1-9-2-3-10-5-7-8-6(10)4-9/h5,10,13,17H,1,6-9,11-12,14-15H2,2-4H3,(H,30,31);5H,2-4H2,1H3. The second-order valence-corrected chi connectivity index (χ2v) is 15.0. The monoisotopic (exact) mass is 664 g/mol. The molecule has 1 saturated carbocycles. The average molecular weight is 666 g/mol. The molecule has 1 aliphatic carbocycles. The van der Waals surface area contributed by atoms with E-state index in [1.807, 2.05) is 17.2 Å². The average Bonchev–Trinajstić information content (AvgIpc) is 3.72. The van der Waals surface area contributed by atoms with Gasteiger partial charge in [-0.3, -0.25) is 19.5 Å². The van der Waals surface area contributed by atoms with Crippen LogP contribution in [0.5, 0.6) is 0 Å². The van der Waals surface area contributed by atoms with Crippen LogP contribution < -0.4 is 4.90 Å². The van der Waals surface area contributed by atoms with E-state index in [1.165, 1.54) is 12.5 Å². The predicted octanol–water partition coefficient (Wildman–Crippen LogP) is 5.88. The zero-order valence-electron chi connectivity index (χ0n) is 27.1. The smallest absolute Gasteiger partial charge is 0.245 e. The highest BCUT2D eigenvalue weighted by atomic mass is 35.5. The number of H-pyrrole nitrogens is 1.